The Morgan fingerprint density at radius 2 is 2.00 bits per heavy atom. The molecular weight excluding hydrogens is 426 g/mol. The largest absolute Gasteiger partial charge is 0.381 e. The third-order valence-electron chi connectivity index (χ3n) is 4.71. The molecule has 4 aromatic rings. The lowest BCUT2D eigenvalue weighted by Gasteiger charge is -2.10. The van der Waals surface area contributed by atoms with Crippen LogP contribution in [0.5, 0.6) is 0 Å². The predicted molar refractivity (Wildman–Crippen MR) is 117 cm³/mol. The average Bonchev–Trinajstić information content (AvgIpc) is 3.00. The Hall–Kier alpha value is -3.50. The Labute approximate surface area is 178 Å². The number of halogens is 1. The molecular formula is C19H14ClN7O2S. The number of hydrogen-bond acceptors (Lipinski definition) is 8. The number of pyridine rings is 1. The molecule has 1 aromatic carbocycles. The second-order valence-electron chi connectivity index (χ2n) is 6.58. The first-order chi connectivity index (χ1) is 14.5. The van der Waals surface area contributed by atoms with Gasteiger partial charge < -0.3 is 21.7 Å². The van der Waals surface area contributed by atoms with Gasteiger partial charge in [0.05, 0.1) is 11.2 Å². The van der Waals surface area contributed by atoms with E-state index in [-0.39, 0.29) is 22.6 Å². The van der Waals surface area contributed by atoms with Crippen LogP contribution in [0.25, 0.3) is 21.0 Å². The van der Waals surface area contributed by atoms with Gasteiger partial charge in [0.25, 0.3) is 11.8 Å². The van der Waals surface area contributed by atoms with Crippen molar-refractivity contribution >= 4 is 73.1 Å². The maximum atomic E-state index is 12.4. The minimum atomic E-state index is -0.679. The fourth-order valence-electron chi connectivity index (χ4n) is 3.40. The fraction of sp³-hybridized carbons (Fsp3) is 0.105. The van der Waals surface area contributed by atoms with Gasteiger partial charge in [0.15, 0.2) is 0 Å². The molecule has 11 heteroatoms. The molecule has 0 atom stereocenters. The van der Waals surface area contributed by atoms with E-state index in [2.05, 4.69) is 30.9 Å². The fourth-order valence-corrected chi connectivity index (χ4v) is 4.65. The van der Waals surface area contributed by atoms with Crippen LogP contribution in [0, 0.1) is 0 Å². The molecule has 0 bridgehead atoms. The number of nitrogens with zero attached hydrogens (tertiary/aromatic N) is 3. The van der Waals surface area contributed by atoms with E-state index < -0.39 is 5.91 Å². The van der Waals surface area contributed by atoms with E-state index in [1.807, 2.05) is 18.2 Å². The molecule has 0 fully saturated rings. The van der Waals surface area contributed by atoms with Gasteiger partial charge in [-0.1, -0.05) is 0 Å². The highest BCUT2D eigenvalue weighted by Crippen LogP contribution is 2.40. The first-order valence-corrected chi connectivity index (χ1v) is 10.2. The van der Waals surface area contributed by atoms with Gasteiger partial charge in [-0.3, -0.25) is 9.59 Å². The van der Waals surface area contributed by atoms with E-state index >= 15 is 0 Å². The van der Waals surface area contributed by atoms with Crippen LogP contribution in [0.15, 0.2) is 30.5 Å². The molecule has 0 aliphatic carbocycles. The van der Waals surface area contributed by atoms with Crippen molar-refractivity contribution in [3.05, 3.63) is 46.2 Å². The molecule has 5 rings (SSSR count). The third-order valence-corrected chi connectivity index (χ3v) is 6.05. The van der Waals surface area contributed by atoms with Gasteiger partial charge in [-0.15, -0.1) is 11.3 Å². The van der Waals surface area contributed by atoms with Crippen molar-refractivity contribution in [2.45, 2.75) is 0 Å². The SMILES string of the molecule is NC(=O)c1cnc(Cl)nc1Nc1ccc2c(ccc3sc4c(c32)NCCNC4=O)n1. The summed E-state index contributed by atoms with van der Waals surface area (Å²) >= 11 is 7.30. The number of anilines is 3. The highest BCUT2D eigenvalue weighted by atomic mass is 35.5. The summed E-state index contributed by atoms with van der Waals surface area (Å²) in [6.45, 7) is 1.22. The molecule has 2 amide bonds. The molecule has 30 heavy (non-hydrogen) atoms. The van der Waals surface area contributed by atoms with Crippen LogP contribution >= 0.6 is 22.9 Å². The maximum Gasteiger partial charge on any atom is 0.263 e. The van der Waals surface area contributed by atoms with Crippen LogP contribution in [0.4, 0.5) is 17.3 Å². The van der Waals surface area contributed by atoms with Gasteiger partial charge in [0, 0.05) is 34.8 Å². The predicted octanol–water partition coefficient (Wildman–Crippen LogP) is 2.89. The monoisotopic (exact) mass is 439 g/mol. The average molecular weight is 440 g/mol. The molecule has 5 N–H and O–H groups in total. The number of rotatable bonds is 3. The van der Waals surface area contributed by atoms with Gasteiger partial charge in [-0.25, -0.2) is 9.97 Å². The smallest absolute Gasteiger partial charge is 0.263 e. The van der Waals surface area contributed by atoms with E-state index in [9.17, 15) is 9.59 Å². The zero-order valence-corrected chi connectivity index (χ0v) is 16.9. The molecule has 0 saturated heterocycles. The van der Waals surface area contributed by atoms with Crippen molar-refractivity contribution in [3.63, 3.8) is 0 Å². The highest BCUT2D eigenvalue weighted by Gasteiger charge is 2.22. The van der Waals surface area contributed by atoms with Crippen molar-refractivity contribution in [3.8, 4) is 0 Å². The van der Waals surface area contributed by atoms with Crippen molar-refractivity contribution in [2.75, 3.05) is 23.7 Å². The summed E-state index contributed by atoms with van der Waals surface area (Å²) in [6.07, 6.45) is 1.27. The van der Waals surface area contributed by atoms with Crippen LogP contribution < -0.4 is 21.7 Å². The number of aromatic nitrogens is 3. The third kappa shape index (κ3) is 3.06. The van der Waals surface area contributed by atoms with E-state index in [0.29, 0.717) is 23.8 Å². The number of carbonyl (C=O) groups excluding carboxylic acids is 2. The van der Waals surface area contributed by atoms with Gasteiger partial charge >= 0.3 is 0 Å². The lowest BCUT2D eigenvalue weighted by molar-refractivity contribution is 0.0960. The Bertz CT molecular complexity index is 1350. The molecule has 3 aromatic heterocycles. The second kappa shape index (κ2) is 7.08. The number of nitrogens with two attached hydrogens (primary N) is 1. The normalized spacial score (nSPS) is 13.4. The molecule has 1 aliphatic rings. The molecule has 4 heterocycles. The molecule has 150 valence electrons. The number of nitrogens with one attached hydrogen (secondary N) is 3. The summed E-state index contributed by atoms with van der Waals surface area (Å²) in [5, 5.41) is 11.1. The van der Waals surface area contributed by atoms with Crippen LogP contribution in [-0.4, -0.2) is 39.9 Å². The Morgan fingerprint density at radius 3 is 2.83 bits per heavy atom. The van der Waals surface area contributed by atoms with E-state index in [1.54, 1.807) is 6.07 Å². The van der Waals surface area contributed by atoms with Crippen molar-refractivity contribution in [2.24, 2.45) is 5.73 Å². The van der Waals surface area contributed by atoms with Crippen LogP contribution in [-0.2, 0) is 0 Å². The highest BCUT2D eigenvalue weighted by molar-refractivity contribution is 7.21. The number of benzene rings is 1. The quantitative estimate of drug-likeness (QED) is 0.360. The topological polar surface area (TPSA) is 135 Å². The summed E-state index contributed by atoms with van der Waals surface area (Å²) in [5.41, 5.74) is 7.05. The van der Waals surface area contributed by atoms with E-state index in [1.165, 1.54) is 17.5 Å². The Balaban J connectivity index is 1.62. The second-order valence-corrected chi connectivity index (χ2v) is 7.97. The van der Waals surface area contributed by atoms with Gasteiger partial charge in [-0.2, -0.15) is 4.98 Å². The number of thiophene rings is 1. The minimum absolute atomic E-state index is 0.0182. The molecule has 0 unspecified atom stereocenters. The summed E-state index contributed by atoms with van der Waals surface area (Å²) in [7, 11) is 0. The first kappa shape index (κ1) is 18.5. The van der Waals surface area contributed by atoms with Crippen molar-refractivity contribution < 1.29 is 9.59 Å². The number of carbonyl (C=O) groups is 2. The number of fused-ring (bicyclic) bond motifs is 5. The lowest BCUT2D eigenvalue weighted by Crippen LogP contribution is -2.24. The zero-order valence-electron chi connectivity index (χ0n) is 15.3. The van der Waals surface area contributed by atoms with Crippen LogP contribution in [0.1, 0.15) is 20.0 Å². The van der Waals surface area contributed by atoms with Gasteiger partial charge in [0.2, 0.25) is 5.28 Å². The Morgan fingerprint density at radius 1 is 1.17 bits per heavy atom. The molecule has 0 spiro atoms. The van der Waals surface area contributed by atoms with Gasteiger partial charge in [0.1, 0.15) is 22.1 Å². The summed E-state index contributed by atoms with van der Waals surface area (Å²) < 4.78 is 0.998. The Kier molecular flexibility index (Phi) is 4.37. The van der Waals surface area contributed by atoms with Gasteiger partial charge in [-0.05, 0) is 35.9 Å². The zero-order chi connectivity index (χ0) is 20.8. The lowest BCUT2D eigenvalue weighted by atomic mass is 10.1. The standard InChI is InChI=1S/C19H14ClN7O2S/c20-19-24-7-9(16(21)28)17(27-19)26-12-4-1-8-10(25-12)2-3-11-13(8)14-15(30-11)18(29)23-6-5-22-14/h1-4,7,22H,5-6H2,(H2,21,28)(H,23,29)(H,24,25,26,27). The van der Waals surface area contributed by atoms with E-state index in [0.717, 1.165) is 26.7 Å². The van der Waals surface area contributed by atoms with E-state index in [4.69, 9.17) is 17.3 Å². The number of amides is 2. The maximum absolute atomic E-state index is 12.4. The van der Waals surface area contributed by atoms with Crippen LogP contribution in [0.3, 0.4) is 0 Å². The number of hydrogen-bond donors (Lipinski definition) is 4. The van der Waals surface area contributed by atoms with Crippen molar-refractivity contribution in [1.82, 2.24) is 20.3 Å². The minimum Gasteiger partial charge on any atom is -0.381 e. The summed E-state index contributed by atoms with van der Waals surface area (Å²) in [5.74, 6) is -0.110. The van der Waals surface area contributed by atoms with Crippen molar-refractivity contribution in [1.29, 1.82) is 0 Å². The van der Waals surface area contributed by atoms with Crippen LogP contribution in [0.2, 0.25) is 5.28 Å². The summed E-state index contributed by atoms with van der Waals surface area (Å²) in [6, 6.07) is 7.51. The summed E-state index contributed by atoms with van der Waals surface area (Å²) in [4.78, 5) is 37.1. The molecule has 0 radical (unpaired) electrons. The number of primary amides is 1. The first-order valence-electron chi connectivity index (χ1n) is 8.99. The molecule has 9 nitrogen and oxygen atoms in total. The molecule has 1 aliphatic heterocycles. The molecule has 0 saturated carbocycles.